The average molecular weight is 517 g/mol. The van der Waals surface area contributed by atoms with Crippen molar-refractivity contribution in [2.75, 3.05) is 27.4 Å². The van der Waals surface area contributed by atoms with E-state index in [1.807, 2.05) is 72.8 Å². The van der Waals surface area contributed by atoms with E-state index in [2.05, 4.69) is 0 Å². The predicted octanol–water partition coefficient (Wildman–Crippen LogP) is 5.69. The number of carbonyl (C=O) groups is 2. The molecule has 1 fully saturated rings. The molecule has 7 nitrogen and oxygen atoms in total. The minimum absolute atomic E-state index is 0.0761. The molecule has 37 heavy (non-hydrogen) atoms. The van der Waals surface area contributed by atoms with Crippen molar-refractivity contribution in [1.29, 1.82) is 0 Å². The normalized spacial score (nSPS) is 15.4. The highest BCUT2D eigenvalue weighted by Crippen LogP contribution is 2.34. The Morgan fingerprint density at radius 2 is 1.78 bits per heavy atom. The number of benzene rings is 3. The second kappa shape index (κ2) is 12.9. The molecule has 0 atom stereocenters. The number of amidine groups is 1. The summed E-state index contributed by atoms with van der Waals surface area (Å²) in [7, 11) is 3.01. The minimum atomic E-state index is -0.373. The van der Waals surface area contributed by atoms with Crippen LogP contribution in [0.15, 0.2) is 88.8 Å². The molecule has 0 radical (unpaired) electrons. The van der Waals surface area contributed by atoms with Gasteiger partial charge in [0.2, 0.25) is 0 Å². The van der Waals surface area contributed by atoms with Crippen molar-refractivity contribution in [3.63, 3.8) is 0 Å². The number of thioether (sulfide) groups is 1. The maximum atomic E-state index is 13.2. The Kier molecular flexibility index (Phi) is 9.13. The summed E-state index contributed by atoms with van der Waals surface area (Å²) in [5.41, 5.74) is 3.06. The van der Waals surface area contributed by atoms with Crippen LogP contribution in [0.4, 0.5) is 5.69 Å². The molecule has 190 valence electrons. The standard InChI is InChI=1S/C29H28N2O5S/c1-34-17-7-16-31-27(32)26(37-29(31)30-24-9-4-3-5-10-24)19-22-8-6-11-25(18-22)36-20-21-12-14-23(15-13-21)28(33)35-2/h3-6,8-15,18-19H,7,16-17,20H2,1-2H3. The number of hydrogen-bond donors (Lipinski definition) is 0. The molecule has 8 heteroatoms. The van der Waals surface area contributed by atoms with E-state index in [1.165, 1.54) is 18.9 Å². The number of nitrogens with zero attached hydrogens (tertiary/aromatic N) is 2. The Hall–Kier alpha value is -3.88. The Morgan fingerprint density at radius 3 is 2.51 bits per heavy atom. The first-order valence-electron chi connectivity index (χ1n) is 11.8. The average Bonchev–Trinajstić information content (AvgIpc) is 3.21. The van der Waals surface area contributed by atoms with E-state index in [9.17, 15) is 9.59 Å². The van der Waals surface area contributed by atoms with Crippen molar-refractivity contribution in [1.82, 2.24) is 4.90 Å². The molecule has 3 aromatic rings. The first kappa shape index (κ1) is 26.2. The minimum Gasteiger partial charge on any atom is -0.489 e. The van der Waals surface area contributed by atoms with Crippen molar-refractivity contribution in [3.05, 3.63) is 100 Å². The molecule has 0 bridgehead atoms. The number of para-hydroxylation sites is 1. The van der Waals surface area contributed by atoms with Crippen LogP contribution in [-0.4, -0.2) is 49.3 Å². The van der Waals surface area contributed by atoms with Crippen LogP contribution >= 0.6 is 11.8 Å². The fraction of sp³-hybridized carbons (Fsp3) is 0.207. The van der Waals surface area contributed by atoms with E-state index in [0.29, 0.717) is 47.6 Å². The summed E-state index contributed by atoms with van der Waals surface area (Å²) in [6.07, 6.45) is 2.58. The van der Waals surface area contributed by atoms with E-state index in [1.54, 1.807) is 24.1 Å². The van der Waals surface area contributed by atoms with Crippen LogP contribution in [0.3, 0.4) is 0 Å². The van der Waals surface area contributed by atoms with Gasteiger partial charge in [-0.1, -0.05) is 42.5 Å². The van der Waals surface area contributed by atoms with Crippen molar-refractivity contribution < 1.29 is 23.8 Å². The lowest BCUT2D eigenvalue weighted by molar-refractivity contribution is -0.122. The van der Waals surface area contributed by atoms with Gasteiger partial charge in [0, 0.05) is 20.3 Å². The maximum Gasteiger partial charge on any atom is 0.337 e. The van der Waals surface area contributed by atoms with Crippen LogP contribution in [0.5, 0.6) is 5.75 Å². The van der Waals surface area contributed by atoms with Crippen LogP contribution < -0.4 is 4.74 Å². The van der Waals surface area contributed by atoms with E-state index >= 15 is 0 Å². The predicted molar refractivity (Wildman–Crippen MR) is 146 cm³/mol. The number of aliphatic imine (C=N–C) groups is 1. The topological polar surface area (TPSA) is 77.4 Å². The number of carbonyl (C=O) groups excluding carboxylic acids is 2. The number of amides is 1. The Bertz CT molecular complexity index is 1290. The number of esters is 1. The fourth-order valence-corrected chi connectivity index (χ4v) is 4.66. The second-order valence-corrected chi connectivity index (χ2v) is 9.20. The molecule has 3 aromatic carbocycles. The van der Waals surface area contributed by atoms with Crippen LogP contribution in [0, 0.1) is 0 Å². The Balaban J connectivity index is 1.48. The highest BCUT2D eigenvalue weighted by molar-refractivity contribution is 8.18. The summed E-state index contributed by atoms with van der Waals surface area (Å²) in [6, 6.07) is 24.3. The Labute approximate surface area is 220 Å². The van der Waals surface area contributed by atoms with Crippen molar-refractivity contribution in [2.45, 2.75) is 13.0 Å². The van der Waals surface area contributed by atoms with E-state index < -0.39 is 0 Å². The maximum absolute atomic E-state index is 13.2. The summed E-state index contributed by atoms with van der Waals surface area (Å²) in [6.45, 7) is 1.44. The third-order valence-corrected chi connectivity index (χ3v) is 6.54. The second-order valence-electron chi connectivity index (χ2n) is 8.19. The van der Waals surface area contributed by atoms with Gasteiger partial charge in [0.15, 0.2) is 5.17 Å². The third kappa shape index (κ3) is 7.09. The highest BCUT2D eigenvalue weighted by Gasteiger charge is 2.33. The molecule has 0 aromatic heterocycles. The molecule has 0 saturated carbocycles. The summed E-state index contributed by atoms with van der Waals surface area (Å²) in [5.74, 6) is 0.228. The SMILES string of the molecule is COCCCN1C(=O)C(=Cc2cccc(OCc3ccc(C(=O)OC)cc3)c2)SC1=Nc1ccccc1. The number of rotatable bonds is 10. The molecule has 0 spiro atoms. The van der Waals surface area contributed by atoms with Gasteiger partial charge in [-0.25, -0.2) is 9.79 Å². The smallest absolute Gasteiger partial charge is 0.337 e. The molecular weight excluding hydrogens is 488 g/mol. The van der Waals surface area contributed by atoms with Crippen molar-refractivity contribution in [3.8, 4) is 5.75 Å². The zero-order valence-corrected chi connectivity index (χ0v) is 21.6. The fourth-order valence-electron chi connectivity index (χ4n) is 3.64. The van der Waals surface area contributed by atoms with Gasteiger partial charge < -0.3 is 14.2 Å². The zero-order valence-electron chi connectivity index (χ0n) is 20.8. The molecule has 1 amide bonds. The lowest BCUT2D eigenvalue weighted by Crippen LogP contribution is -2.30. The number of ether oxygens (including phenoxy) is 3. The lowest BCUT2D eigenvalue weighted by Gasteiger charge is -2.15. The van der Waals surface area contributed by atoms with Crippen molar-refractivity contribution >= 4 is 40.6 Å². The van der Waals surface area contributed by atoms with E-state index in [4.69, 9.17) is 19.2 Å². The lowest BCUT2D eigenvalue weighted by atomic mass is 10.1. The van der Waals surface area contributed by atoms with Crippen LogP contribution in [-0.2, 0) is 20.9 Å². The van der Waals surface area contributed by atoms with Crippen LogP contribution in [0.1, 0.15) is 27.9 Å². The molecule has 1 heterocycles. The zero-order chi connectivity index (χ0) is 26.0. The molecule has 0 aliphatic carbocycles. The largest absolute Gasteiger partial charge is 0.489 e. The molecule has 1 aliphatic rings. The summed E-state index contributed by atoms with van der Waals surface area (Å²) in [4.78, 5) is 31.9. The summed E-state index contributed by atoms with van der Waals surface area (Å²) in [5, 5.41) is 0.654. The summed E-state index contributed by atoms with van der Waals surface area (Å²) < 4.78 is 15.9. The molecule has 0 N–H and O–H groups in total. The molecule has 0 unspecified atom stereocenters. The van der Waals surface area contributed by atoms with Gasteiger partial charge in [0.25, 0.3) is 5.91 Å². The quantitative estimate of drug-likeness (QED) is 0.196. The van der Waals surface area contributed by atoms with Gasteiger partial charge in [-0.3, -0.25) is 9.69 Å². The third-order valence-electron chi connectivity index (χ3n) is 5.54. The van der Waals surface area contributed by atoms with E-state index in [-0.39, 0.29) is 11.9 Å². The van der Waals surface area contributed by atoms with Gasteiger partial charge in [-0.05, 0) is 71.8 Å². The monoisotopic (exact) mass is 516 g/mol. The number of hydrogen-bond acceptors (Lipinski definition) is 7. The van der Waals surface area contributed by atoms with Crippen LogP contribution in [0.25, 0.3) is 6.08 Å². The molecule has 4 rings (SSSR count). The highest BCUT2D eigenvalue weighted by atomic mass is 32.2. The van der Waals surface area contributed by atoms with E-state index in [0.717, 1.165) is 16.8 Å². The Morgan fingerprint density at radius 1 is 1.00 bits per heavy atom. The van der Waals surface area contributed by atoms with Gasteiger partial charge in [-0.15, -0.1) is 0 Å². The van der Waals surface area contributed by atoms with Crippen LogP contribution in [0.2, 0.25) is 0 Å². The summed E-state index contributed by atoms with van der Waals surface area (Å²) >= 11 is 1.36. The van der Waals surface area contributed by atoms with Gasteiger partial charge in [0.05, 0.1) is 23.3 Å². The molecular formula is C29H28N2O5S. The first-order valence-corrected chi connectivity index (χ1v) is 12.6. The van der Waals surface area contributed by atoms with Gasteiger partial charge in [0.1, 0.15) is 12.4 Å². The first-order chi connectivity index (χ1) is 18.1. The molecule has 1 aliphatic heterocycles. The molecule has 1 saturated heterocycles. The van der Waals surface area contributed by atoms with Crippen molar-refractivity contribution in [2.24, 2.45) is 4.99 Å². The van der Waals surface area contributed by atoms with Gasteiger partial charge >= 0.3 is 5.97 Å². The number of methoxy groups -OCH3 is 2. The van der Waals surface area contributed by atoms with Gasteiger partial charge in [-0.2, -0.15) is 0 Å².